The third-order valence-corrected chi connectivity index (χ3v) is 5.97. The van der Waals surface area contributed by atoms with Gasteiger partial charge in [-0.25, -0.2) is 0 Å². The summed E-state index contributed by atoms with van der Waals surface area (Å²) in [6, 6.07) is 0. The van der Waals surface area contributed by atoms with Crippen molar-refractivity contribution in [1.29, 1.82) is 0 Å². The van der Waals surface area contributed by atoms with Gasteiger partial charge in [0.25, 0.3) is 0 Å². The Morgan fingerprint density at radius 2 is 1.38 bits per heavy atom. The highest BCUT2D eigenvalue weighted by Gasteiger charge is 2.47. The van der Waals surface area contributed by atoms with Crippen molar-refractivity contribution in [2.24, 2.45) is 5.92 Å². The number of aliphatic hydroxyl groups is 7. The fourth-order valence-corrected chi connectivity index (χ4v) is 3.80. The van der Waals surface area contributed by atoms with Crippen LogP contribution in [0.1, 0.15) is 46.5 Å². The Kier molecular flexibility index (Phi) is 10.7. The molecule has 0 radical (unpaired) electrons. The highest BCUT2D eigenvalue weighted by Crippen LogP contribution is 2.26. The molecule has 11 nitrogen and oxygen atoms in total. The molecule has 0 aliphatic carbocycles. The van der Waals surface area contributed by atoms with E-state index in [-0.39, 0.29) is 13.2 Å². The number of hydrogen-bond acceptors (Lipinski definition) is 11. The number of hydrogen-bond donors (Lipinski definition) is 7. The second-order valence-corrected chi connectivity index (χ2v) is 9.52. The lowest BCUT2D eigenvalue weighted by molar-refractivity contribution is -0.310. The summed E-state index contributed by atoms with van der Waals surface area (Å²) in [6.45, 7) is 5.05. The van der Waals surface area contributed by atoms with E-state index in [2.05, 4.69) is 6.92 Å². The van der Waals surface area contributed by atoms with Gasteiger partial charge in [-0.3, -0.25) is 0 Å². The average molecular weight is 469 g/mol. The highest BCUT2D eigenvalue weighted by atomic mass is 16.7. The predicted octanol–water partition coefficient (Wildman–Crippen LogP) is -1.77. The molecule has 2 saturated heterocycles. The molecular formula is C21H40O11. The van der Waals surface area contributed by atoms with Gasteiger partial charge in [-0.15, -0.1) is 0 Å². The zero-order valence-electron chi connectivity index (χ0n) is 19.0. The lowest BCUT2D eigenvalue weighted by Gasteiger charge is -2.40. The molecule has 2 rings (SSSR count). The molecule has 0 amide bonds. The Balaban J connectivity index is 1.79. The first-order chi connectivity index (χ1) is 14.9. The smallest absolute Gasteiger partial charge is 0.186 e. The maximum Gasteiger partial charge on any atom is 0.186 e. The molecule has 2 aliphatic heterocycles. The standard InChI is InChI=1S/C21H40O11/c1-11(5-4-7-21(2,3)28)6-8-29-19-18(27)16(25)15(24)13(32-19)10-30-20-17(26)14(23)12(9-22)31-20/h11-20,22-28H,4-10H2,1-3H3/t11?,12-,13+,14-,15+,16-,17+,18+,19+,20+/m0/s1. The SMILES string of the molecule is CC(CCCC(C)(C)O)CCO[C@@H]1O[C@H](CO[C@@H]2O[C@@H](CO)[C@H](O)[C@H]2O)[C@@H](O)[C@H](O)[C@H]1O. The Morgan fingerprint density at radius 3 is 1.97 bits per heavy atom. The molecule has 0 saturated carbocycles. The molecule has 7 N–H and O–H groups in total. The van der Waals surface area contributed by atoms with E-state index in [1.165, 1.54) is 0 Å². The fourth-order valence-electron chi connectivity index (χ4n) is 3.80. The van der Waals surface area contributed by atoms with E-state index in [1.807, 2.05) is 0 Å². The van der Waals surface area contributed by atoms with Crippen LogP contribution in [0.3, 0.4) is 0 Å². The van der Waals surface area contributed by atoms with Crippen LogP contribution in [0.5, 0.6) is 0 Å². The molecule has 2 aliphatic rings. The van der Waals surface area contributed by atoms with Crippen molar-refractivity contribution in [1.82, 2.24) is 0 Å². The van der Waals surface area contributed by atoms with Crippen LogP contribution in [0.4, 0.5) is 0 Å². The minimum Gasteiger partial charge on any atom is -0.394 e. The maximum absolute atomic E-state index is 10.2. The fraction of sp³-hybridized carbons (Fsp3) is 1.00. The van der Waals surface area contributed by atoms with Crippen molar-refractivity contribution in [3.8, 4) is 0 Å². The van der Waals surface area contributed by atoms with Gasteiger partial charge >= 0.3 is 0 Å². The Morgan fingerprint density at radius 1 is 0.812 bits per heavy atom. The third-order valence-electron chi connectivity index (χ3n) is 5.97. The van der Waals surface area contributed by atoms with E-state index in [4.69, 9.17) is 24.1 Å². The Bertz CT molecular complexity index is 542. The molecule has 2 heterocycles. The lowest BCUT2D eigenvalue weighted by Crippen LogP contribution is -2.59. The minimum absolute atomic E-state index is 0.261. The van der Waals surface area contributed by atoms with Crippen LogP contribution < -0.4 is 0 Å². The number of rotatable bonds is 12. The largest absolute Gasteiger partial charge is 0.394 e. The van der Waals surface area contributed by atoms with Crippen molar-refractivity contribution < 1.29 is 54.7 Å². The molecule has 0 spiro atoms. The topological polar surface area (TPSA) is 179 Å². The summed E-state index contributed by atoms with van der Waals surface area (Å²) < 4.78 is 21.8. The summed E-state index contributed by atoms with van der Waals surface area (Å²) in [6.07, 6.45) is -8.52. The summed E-state index contributed by atoms with van der Waals surface area (Å²) in [5.74, 6) is 0.319. The monoisotopic (exact) mass is 468 g/mol. The molecular weight excluding hydrogens is 428 g/mol. The van der Waals surface area contributed by atoms with Gasteiger partial charge in [0, 0.05) is 0 Å². The van der Waals surface area contributed by atoms with Gasteiger partial charge in [0.15, 0.2) is 12.6 Å². The number of ether oxygens (including phenoxy) is 4. The first kappa shape index (κ1) is 27.8. The Hall–Kier alpha value is -0.440. The van der Waals surface area contributed by atoms with E-state index in [0.29, 0.717) is 18.8 Å². The molecule has 0 bridgehead atoms. The molecule has 0 aromatic rings. The first-order valence-electron chi connectivity index (χ1n) is 11.2. The van der Waals surface area contributed by atoms with Crippen LogP contribution >= 0.6 is 0 Å². The van der Waals surface area contributed by atoms with Gasteiger partial charge in [-0.05, 0) is 32.6 Å². The van der Waals surface area contributed by atoms with Crippen molar-refractivity contribution in [2.45, 2.75) is 107 Å². The lowest BCUT2D eigenvalue weighted by atomic mass is 9.95. The molecule has 32 heavy (non-hydrogen) atoms. The van der Waals surface area contributed by atoms with Crippen LogP contribution in [0.25, 0.3) is 0 Å². The normalized spacial score (nSPS) is 39.4. The molecule has 0 aromatic carbocycles. The van der Waals surface area contributed by atoms with Crippen LogP contribution in [-0.2, 0) is 18.9 Å². The van der Waals surface area contributed by atoms with Gasteiger partial charge < -0.3 is 54.7 Å². The predicted molar refractivity (Wildman–Crippen MR) is 110 cm³/mol. The van der Waals surface area contributed by atoms with Crippen LogP contribution in [0.2, 0.25) is 0 Å². The molecule has 10 atom stereocenters. The number of aliphatic hydroxyl groups excluding tert-OH is 6. The summed E-state index contributed by atoms with van der Waals surface area (Å²) in [4.78, 5) is 0. The van der Waals surface area contributed by atoms with Gasteiger partial charge in [0.1, 0.15) is 42.7 Å². The van der Waals surface area contributed by atoms with Crippen LogP contribution in [-0.4, -0.2) is 116 Å². The van der Waals surface area contributed by atoms with Crippen molar-refractivity contribution in [3.63, 3.8) is 0 Å². The van der Waals surface area contributed by atoms with Gasteiger partial charge in [0.2, 0.25) is 0 Å². The molecule has 190 valence electrons. The third kappa shape index (κ3) is 7.81. The van der Waals surface area contributed by atoms with Gasteiger partial charge in [0.05, 0.1) is 25.4 Å². The van der Waals surface area contributed by atoms with E-state index >= 15 is 0 Å². The van der Waals surface area contributed by atoms with E-state index < -0.39 is 67.5 Å². The molecule has 11 heteroatoms. The molecule has 0 aromatic heterocycles. The average Bonchev–Trinajstić information content (AvgIpc) is 2.99. The molecule has 1 unspecified atom stereocenters. The summed E-state index contributed by atoms with van der Waals surface area (Å²) in [5, 5.41) is 69.2. The summed E-state index contributed by atoms with van der Waals surface area (Å²) in [7, 11) is 0. The maximum atomic E-state index is 10.2. The van der Waals surface area contributed by atoms with Crippen molar-refractivity contribution >= 4 is 0 Å². The first-order valence-corrected chi connectivity index (χ1v) is 11.2. The van der Waals surface area contributed by atoms with Gasteiger partial charge in [-0.1, -0.05) is 19.8 Å². The summed E-state index contributed by atoms with van der Waals surface area (Å²) in [5.41, 5.74) is -0.693. The summed E-state index contributed by atoms with van der Waals surface area (Å²) >= 11 is 0. The van der Waals surface area contributed by atoms with E-state index in [0.717, 1.165) is 12.8 Å². The Labute approximate surface area is 188 Å². The second kappa shape index (κ2) is 12.3. The second-order valence-electron chi connectivity index (χ2n) is 9.52. The quantitative estimate of drug-likeness (QED) is 0.172. The zero-order chi connectivity index (χ0) is 24.1. The molecule has 2 fully saturated rings. The van der Waals surface area contributed by atoms with E-state index in [1.54, 1.807) is 13.8 Å². The zero-order valence-corrected chi connectivity index (χ0v) is 19.0. The van der Waals surface area contributed by atoms with Gasteiger partial charge in [-0.2, -0.15) is 0 Å². The van der Waals surface area contributed by atoms with Crippen molar-refractivity contribution in [3.05, 3.63) is 0 Å². The van der Waals surface area contributed by atoms with Crippen molar-refractivity contribution in [2.75, 3.05) is 19.8 Å². The van der Waals surface area contributed by atoms with Crippen LogP contribution in [0.15, 0.2) is 0 Å². The van der Waals surface area contributed by atoms with E-state index in [9.17, 15) is 30.6 Å². The minimum atomic E-state index is -1.53. The van der Waals surface area contributed by atoms with Crippen LogP contribution in [0, 0.1) is 5.92 Å². The highest BCUT2D eigenvalue weighted by molar-refractivity contribution is 4.90.